The molecule has 0 saturated heterocycles. The summed E-state index contributed by atoms with van der Waals surface area (Å²) in [7, 11) is 2.70. The van der Waals surface area contributed by atoms with Gasteiger partial charge in [-0.1, -0.05) is 82.6 Å². The smallest absolute Gasteiger partial charge is 0.339 e. The van der Waals surface area contributed by atoms with Crippen LogP contribution in [0, 0.1) is 0 Å². The zero-order chi connectivity index (χ0) is 23.6. The summed E-state index contributed by atoms with van der Waals surface area (Å²) >= 11 is 0. The van der Waals surface area contributed by atoms with Crippen molar-refractivity contribution >= 4 is 17.6 Å². The number of hydrogen-bond acceptors (Lipinski definition) is 5. The number of nitrogen functional groups attached to an aromatic ring is 1. The number of rotatable bonds is 17. The van der Waals surface area contributed by atoms with Gasteiger partial charge < -0.3 is 15.2 Å². The molecule has 0 amide bonds. The Bertz CT molecular complexity index is 699. The minimum atomic E-state index is -0.502. The van der Waals surface area contributed by atoms with Crippen LogP contribution in [0.3, 0.4) is 0 Å². The van der Waals surface area contributed by atoms with Crippen LogP contribution in [0.5, 0.6) is 0 Å². The van der Waals surface area contributed by atoms with Crippen LogP contribution >= 0.6 is 0 Å². The highest BCUT2D eigenvalue weighted by atomic mass is 16.5. The number of benzene rings is 1. The van der Waals surface area contributed by atoms with Crippen molar-refractivity contribution in [2.45, 2.75) is 96.3 Å². The number of carbonyl (C=O) groups is 2. The zero-order valence-electron chi connectivity index (χ0n) is 20.4. The molecule has 0 aliphatic carbocycles. The Morgan fingerprint density at radius 3 is 2.06 bits per heavy atom. The molecular weight excluding hydrogens is 402 g/mol. The molecule has 1 aromatic rings. The minimum Gasteiger partial charge on any atom is -0.469 e. The van der Waals surface area contributed by atoms with Gasteiger partial charge in [-0.2, -0.15) is 0 Å². The Labute approximate surface area is 194 Å². The molecule has 0 heterocycles. The van der Waals surface area contributed by atoms with E-state index in [0.717, 1.165) is 32.1 Å². The number of allylic oxidation sites excluding steroid dienone is 2. The third-order valence-corrected chi connectivity index (χ3v) is 5.91. The second-order valence-electron chi connectivity index (χ2n) is 8.40. The van der Waals surface area contributed by atoms with Gasteiger partial charge in [-0.25, -0.2) is 4.79 Å². The molecule has 5 nitrogen and oxygen atoms in total. The second kappa shape index (κ2) is 17.3. The van der Waals surface area contributed by atoms with Gasteiger partial charge in [0.25, 0.3) is 0 Å². The average Bonchev–Trinajstić information content (AvgIpc) is 2.81. The van der Waals surface area contributed by atoms with Gasteiger partial charge in [0.2, 0.25) is 0 Å². The molecule has 0 aliphatic rings. The van der Waals surface area contributed by atoms with E-state index in [1.54, 1.807) is 18.2 Å². The normalized spacial score (nSPS) is 12.1. The van der Waals surface area contributed by atoms with E-state index in [2.05, 4.69) is 19.1 Å². The van der Waals surface area contributed by atoms with Crippen molar-refractivity contribution in [1.82, 2.24) is 0 Å². The van der Waals surface area contributed by atoms with E-state index in [1.165, 1.54) is 59.2 Å². The lowest BCUT2D eigenvalue weighted by Crippen LogP contribution is -2.18. The first-order valence-electron chi connectivity index (χ1n) is 12.3. The SMILES string of the molecule is CCCCCCCC/C=C\CCCCCCC(C(=O)OC)c1cccc(C(=O)OC)c1N. The maximum absolute atomic E-state index is 12.4. The zero-order valence-corrected chi connectivity index (χ0v) is 20.4. The predicted molar refractivity (Wildman–Crippen MR) is 132 cm³/mol. The van der Waals surface area contributed by atoms with E-state index in [-0.39, 0.29) is 11.5 Å². The van der Waals surface area contributed by atoms with Gasteiger partial charge in [0.1, 0.15) is 0 Å². The number of esters is 2. The molecular formula is C27H43NO4. The number of ether oxygens (including phenoxy) is 2. The first kappa shape index (κ1) is 27.7. The lowest BCUT2D eigenvalue weighted by atomic mass is 9.90. The summed E-state index contributed by atoms with van der Waals surface area (Å²) in [5.41, 5.74) is 7.40. The Kier molecular flexibility index (Phi) is 15.0. The number of nitrogens with two attached hydrogens (primary N) is 1. The van der Waals surface area contributed by atoms with E-state index in [0.29, 0.717) is 17.7 Å². The Morgan fingerprint density at radius 2 is 1.47 bits per heavy atom. The van der Waals surface area contributed by atoms with E-state index in [9.17, 15) is 9.59 Å². The molecule has 0 spiro atoms. The van der Waals surface area contributed by atoms with Gasteiger partial charge in [0, 0.05) is 0 Å². The van der Waals surface area contributed by atoms with Crippen molar-refractivity contribution < 1.29 is 19.1 Å². The van der Waals surface area contributed by atoms with Gasteiger partial charge in [0.05, 0.1) is 31.4 Å². The van der Waals surface area contributed by atoms with Gasteiger partial charge in [-0.3, -0.25) is 4.79 Å². The van der Waals surface area contributed by atoms with Crippen LogP contribution in [0.4, 0.5) is 5.69 Å². The number of carbonyl (C=O) groups excluding carboxylic acids is 2. The van der Waals surface area contributed by atoms with Crippen LogP contribution in [0.25, 0.3) is 0 Å². The van der Waals surface area contributed by atoms with Gasteiger partial charge in [0.15, 0.2) is 0 Å². The van der Waals surface area contributed by atoms with Crippen LogP contribution in [0.1, 0.15) is 112 Å². The molecule has 0 fully saturated rings. The van der Waals surface area contributed by atoms with E-state index < -0.39 is 11.9 Å². The first-order chi connectivity index (χ1) is 15.6. The minimum absolute atomic E-state index is 0.284. The molecule has 32 heavy (non-hydrogen) atoms. The fourth-order valence-electron chi connectivity index (χ4n) is 3.96. The average molecular weight is 446 g/mol. The molecule has 0 bridgehead atoms. The van der Waals surface area contributed by atoms with Crippen molar-refractivity contribution in [2.24, 2.45) is 0 Å². The van der Waals surface area contributed by atoms with Crippen molar-refractivity contribution in [2.75, 3.05) is 20.0 Å². The molecule has 1 aromatic carbocycles. The molecule has 0 aromatic heterocycles. The van der Waals surface area contributed by atoms with Crippen LogP contribution in [-0.2, 0) is 14.3 Å². The van der Waals surface area contributed by atoms with E-state index in [1.807, 2.05) is 0 Å². The number of hydrogen-bond donors (Lipinski definition) is 1. The summed E-state index contributed by atoms with van der Waals surface area (Å²) in [6.45, 7) is 2.25. The quantitative estimate of drug-likeness (QED) is 0.121. The van der Waals surface area contributed by atoms with Crippen molar-refractivity contribution in [3.8, 4) is 0 Å². The summed E-state index contributed by atoms with van der Waals surface area (Å²) in [4.78, 5) is 24.3. The molecule has 0 saturated carbocycles. The number of methoxy groups -OCH3 is 2. The number of para-hydroxylation sites is 1. The highest BCUT2D eigenvalue weighted by molar-refractivity contribution is 5.96. The molecule has 180 valence electrons. The fourth-order valence-corrected chi connectivity index (χ4v) is 3.96. The van der Waals surface area contributed by atoms with Crippen molar-refractivity contribution in [3.63, 3.8) is 0 Å². The van der Waals surface area contributed by atoms with Crippen LogP contribution in [0.2, 0.25) is 0 Å². The van der Waals surface area contributed by atoms with Crippen molar-refractivity contribution in [1.29, 1.82) is 0 Å². The third-order valence-electron chi connectivity index (χ3n) is 5.91. The molecule has 2 N–H and O–H groups in total. The standard InChI is InChI=1S/C27H43NO4/c1-4-5-6-7-8-9-10-11-12-13-14-15-16-17-19-23(26(29)31-2)22-20-18-21-24(25(22)28)27(30)32-3/h11-12,18,20-21,23H,4-10,13-17,19,28H2,1-3H3/b12-11-. The first-order valence-corrected chi connectivity index (χ1v) is 12.3. The van der Waals surface area contributed by atoms with Crippen LogP contribution in [0.15, 0.2) is 30.4 Å². The number of unbranched alkanes of at least 4 members (excludes halogenated alkanes) is 10. The predicted octanol–water partition coefficient (Wildman–Crippen LogP) is 6.96. The maximum Gasteiger partial charge on any atom is 0.339 e. The van der Waals surface area contributed by atoms with Gasteiger partial charge in [-0.05, 0) is 43.7 Å². The molecule has 1 atom stereocenters. The number of anilines is 1. The largest absolute Gasteiger partial charge is 0.469 e. The second-order valence-corrected chi connectivity index (χ2v) is 8.40. The van der Waals surface area contributed by atoms with Gasteiger partial charge >= 0.3 is 11.9 Å². The van der Waals surface area contributed by atoms with Crippen molar-refractivity contribution in [3.05, 3.63) is 41.5 Å². The summed E-state index contributed by atoms with van der Waals surface area (Å²) in [5.74, 6) is -1.30. The monoisotopic (exact) mass is 445 g/mol. The summed E-state index contributed by atoms with van der Waals surface area (Å²) in [6.07, 6.45) is 19.9. The van der Waals surface area contributed by atoms with E-state index in [4.69, 9.17) is 15.2 Å². The highest BCUT2D eigenvalue weighted by Crippen LogP contribution is 2.31. The lowest BCUT2D eigenvalue weighted by molar-refractivity contribution is -0.142. The molecule has 5 heteroatoms. The summed E-state index contributed by atoms with van der Waals surface area (Å²) < 4.78 is 9.78. The Balaban J connectivity index is 2.36. The molecule has 1 rings (SSSR count). The summed E-state index contributed by atoms with van der Waals surface area (Å²) in [5, 5.41) is 0. The Hall–Kier alpha value is -2.30. The topological polar surface area (TPSA) is 78.6 Å². The molecule has 0 radical (unpaired) electrons. The fraction of sp³-hybridized carbons (Fsp3) is 0.630. The summed E-state index contributed by atoms with van der Waals surface area (Å²) in [6, 6.07) is 5.13. The molecule has 1 unspecified atom stereocenters. The van der Waals surface area contributed by atoms with E-state index >= 15 is 0 Å². The lowest BCUT2D eigenvalue weighted by Gasteiger charge is -2.18. The third kappa shape index (κ3) is 10.3. The maximum atomic E-state index is 12.4. The Morgan fingerprint density at radius 1 is 0.875 bits per heavy atom. The molecule has 0 aliphatic heterocycles. The highest BCUT2D eigenvalue weighted by Gasteiger charge is 2.25. The van der Waals surface area contributed by atoms with Gasteiger partial charge in [-0.15, -0.1) is 0 Å². The van der Waals surface area contributed by atoms with Crippen LogP contribution in [-0.4, -0.2) is 26.2 Å². The van der Waals surface area contributed by atoms with Crippen LogP contribution < -0.4 is 5.73 Å².